The van der Waals surface area contributed by atoms with Gasteiger partial charge in [0, 0.05) is 44.7 Å². The number of benzene rings is 2. The molecule has 2 aromatic rings. The first-order chi connectivity index (χ1) is 14.3. The molecule has 0 atom stereocenters. The van der Waals surface area contributed by atoms with Gasteiger partial charge in [0.2, 0.25) is 5.91 Å². The van der Waals surface area contributed by atoms with Gasteiger partial charge < -0.3 is 15.1 Å². The number of piperazine rings is 1. The van der Waals surface area contributed by atoms with E-state index in [1.807, 2.05) is 4.90 Å². The first-order valence-electron chi connectivity index (χ1n) is 10.1. The molecule has 2 aromatic carbocycles. The van der Waals surface area contributed by atoms with Gasteiger partial charge in [0.05, 0.1) is 5.69 Å². The van der Waals surface area contributed by atoms with E-state index in [1.54, 1.807) is 18.2 Å². The number of rotatable bonds is 4. The van der Waals surface area contributed by atoms with Crippen molar-refractivity contribution in [2.24, 2.45) is 4.40 Å². The van der Waals surface area contributed by atoms with Gasteiger partial charge in [-0.15, -0.1) is 4.40 Å². The number of amides is 1. The zero-order valence-corrected chi connectivity index (χ0v) is 18.1. The summed E-state index contributed by atoms with van der Waals surface area (Å²) in [6, 6.07) is 13.0. The minimum absolute atomic E-state index is 0.0244. The van der Waals surface area contributed by atoms with E-state index in [0.717, 1.165) is 13.1 Å². The molecule has 0 aromatic heterocycles. The fraction of sp³-hybridized carbons (Fsp3) is 0.364. The smallest absolute Gasteiger partial charge is 0.286 e. The normalized spacial score (nSPS) is 17.7. The summed E-state index contributed by atoms with van der Waals surface area (Å²) in [5, 5.41) is 3.04. The van der Waals surface area contributed by atoms with Crippen molar-refractivity contribution in [1.29, 1.82) is 0 Å². The Morgan fingerprint density at radius 1 is 1.03 bits per heavy atom. The number of amidine groups is 1. The van der Waals surface area contributed by atoms with Crippen LogP contribution in [-0.2, 0) is 14.8 Å². The Morgan fingerprint density at radius 2 is 1.77 bits per heavy atom. The molecule has 1 amide bonds. The fourth-order valence-corrected chi connectivity index (χ4v) is 5.11. The molecule has 2 heterocycles. The largest absolute Gasteiger partial charge is 0.368 e. The van der Waals surface area contributed by atoms with Crippen LogP contribution in [0.4, 0.5) is 11.4 Å². The average molecular weight is 427 g/mol. The van der Waals surface area contributed by atoms with E-state index in [9.17, 15) is 13.2 Å². The number of hydrogen-bond acceptors (Lipinski definition) is 5. The van der Waals surface area contributed by atoms with Crippen LogP contribution < -0.4 is 10.2 Å². The van der Waals surface area contributed by atoms with Crippen LogP contribution in [0.3, 0.4) is 0 Å². The van der Waals surface area contributed by atoms with Crippen molar-refractivity contribution in [2.75, 3.05) is 36.4 Å². The van der Waals surface area contributed by atoms with E-state index in [2.05, 4.69) is 46.7 Å². The van der Waals surface area contributed by atoms with E-state index in [0.29, 0.717) is 24.6 Å². The fourth-order valence-electron chi connectivity index (χ4n) is 3.93. The number of para-hydroxylation sites is 1. The van der Waals surface area contributed by atoms with Crippen LogP contribution in [0.5, 0.6) is 0 Å². The Balaban J connectivity index is 1.34. The number of aryl methyl sites for hydroxylation is 1. The highest BCUT2D eigenvalue weighted by molar-refractivity contribution is 7.90. The Hall–Kier alpha value is -2.87. The number of sulfonamides is 1. The van der Waals surface area contributed by atoms with Crippen LogP contribution in [0.15, 0.2) is 51.8 Å². The van der Waals surface area contributed by atoms with Crippen LogP contribution in [0.1, 0.15) is 24.0 Å². The summed E-state index contributed by atoms with van der Waals surface area (Å²) in [7, 11) is -3.72. The van der Waals surface area contributed by atoms with E-state index < -0.39 is 10.0 Å². The summed E-state index contributed by atoms with van der Waals surface area (Å²) in [5.41, 5.74) is 4.28. The summed E-state index contributed by atoms with van der Waals surface area (Å²) in [4.78, 5) is 17.0. The van der Waals surface area contributed by atoms with Crippen molar-refractivity contribution in [3.8, 4) is 0 Å². The molecule has 0 unspecified atom stereocenters. The number of nitrogens with zero attached hydrogens (tertiary/aromatic N) is 3. The van der Waals surface area contributed by atoms with Crippen molar-refractivity contribution in [3.63, 3.8) is 0 Å². The number of fused-ring (bicyclic) bond motifs is 1. The highest BCUT2D eigenvalue weighted by atomic mass is 32.2. The molecular weight excluding hydrogens is 400 g/mol. The minimum atomic E-state index is -3.72. The highest BCUT2D eigenvalue weighted by Gasteiger charge is 2.26. The second kappa shape index (κ2) is 8.10. The molecule has 0 aliphatic carbocycles. The summed E-state index contributed by atoms with van der Waals surface area (Å²) in [6.07, 6.45) is 0.497. The van der Waals surface area contributed by atoms with Crippen LogP contribution in [-0.4, -0.2) is 51.2 Å². The second-order valence-electron chi connectivity index (χ2n) is 7.72. The quantitative estimate of drug-likeness (QED) is 0.813. The third-order valence-corrected chi connectivity index (χ3v) is 7.17. The lowest BCUT2D eigenvalue weighted by molar-refractivity contribution is -0.131. The van der Waals surface area contributed by atoms with E-state index in [1.165, 1.54) is 22.9 Å². The van der Waals surface area contributed by atoms with Crippen molar-refractivity contribution in [1.82, 2.24) is 4.90 Å². The van der Waals surface area contributed by atoms with E-state index >= 15 is 0 Å². The second-order valence-corrected chi connectivity index (χ2v) is 9.29. The van der Waals surface area contributed by atoms with Crippen LogP contribution in [0.2, 0.25) is 0 Å². The minimum Gasteiger partial charge on any atom is -0.368 e. The Kier molecular flexibility index (Phi) is 5.51. The maximum absolute atomic E-state index is 12.7. The maximum Gasteiger partial charge on any atom is 0.286 e. The molecule has 0 radical (unpaired) electrons. The molecule has 1 fully saturated rings. The van der Waals surface area contributed by atoms with Crippen molar-refractivity contribution in [2.45, 2.75) is 31.6 Å². The van der Waals surface area contributed by atoms with Gasteiger partial charge in [0.25, 0.3) is 10.0 Å². The molecule has 1 saturated heterocycles. The lowest BCUT2D eigenvalue weighted by Gasteiger charge is -2.37. The van der Waals surface area contributed by atoms with Crippen molar-refractivity contribution < 1.29 is 13.2 Å². The average Bonchev–Trinajstić information content (AvgIpc) is 2.74. The lowest BCUT2D eigenvalue weighted by atomic mass is 10.1. The monoisotopic (exact) mass is 426 g/mol. The molecule has 7 nitrogen and oxygen atoms in total. The molecular formula is C22H26N4O3S. The van der Waals surface area contributed by atoms with Crippen LogP contribution in [0.25, 0.3) is 0 Å². The standard InChI is InChI=1S/C22H26N4O3S/c1-16-6-5-8-19(17(16)2)25-12-14-26(15-13-25)22(27)11-10-21-23-18-7-3-4-9-20(18)30(28,29)24-21/h3-9H,10-15H2,1-2H3,(H,23,24). The Labute approximate surface area is 177 Å². The van der Waals surface area contributed by atoms with Gasteiger partial charge in [-0.1, -0.05) is 24.3 Å². The zero-order chi connectivity index (χ0) is 21.3. The predicted molar refractivity (Wildman–Crippen MR) is 119 cm³/mol. The molecule has 2 aliphatic heterocycles. The third-order valence-electron chi connectivity index (χ3n) is 5.80. The number of hydrogen-bond donors (Lipinski definition) is 1. The molecule has 1 N–H and O–H groups in total. The zero-order valence-electron chi connectivity index (χ0n) is 17.3. The van der Waals surface area contributed by atoms with Gasteiger partial charge in [-0.2, -0.15) is 8.42 Å². The summed E-state index contributed by atoms with van der Waals surface area (Å²) >= 11 is 0. The molecule has 30 heavy (non-hydrogen) atoms. The van der Waals surface area contributed by atoms with Crippen LogP contribution >= 0.6 is 0 Å². The number of carbonyl (C=O) groups excluding carboxylic acids is 1. The molecule has 158 valence electrons. The lowest BCUT2D eigenvalue weighted by Crippen LogP contribution is -2.49. The topological polar surface area (TPSA) is 82.1 Å². The Morgan fingerprint density at radius 3 is 2.53 bits per heavy atom. The summed E-state index contributed by atoms with van der Waals surface area (Å²) in [6.45, 7) is 7.14. The molecule has 0 spiro atoms. The molecule has 0 saturated carbocycles. The molecule has 0 bridgehead atoms. The first-order valence-corrected chi connectivity index (χ1v) is 11.6. The maximum atomic E-state index is 12.7. The van der Waals surface area contributed by atoms with Gasteiger partial charge in [-0.05, 0) is 43.2 Å². The van der Waals surface area contributed by atoms with Gasteiger partial charge in [-0.3, -0.25) is 4.79 Å². The van der Waals surface area contributed by atoms with Gasteiger partial charge >= 0.3 is 0 Å². The number of anilines is 2. The molecule has 4 rings (SSSR count). The first kappa shape index (κ1) is 20.4. The SMILES string of the molecule is Cc1cccc(N2CCN(C(=O)CCC3=NS(=O)(=O)c4ccccc4N3)CC2)c1C. The van der Waals surface area contributed by atoms with Crippen molar-refractivity contribution in [3.05, 3.63) is 53.6 Å². The van der Waals surface area contributed by atoms with Crippen molar-refractivity contribution >= 4 is 33.1 Å². The van der Waals surface area contributed by atoms with E-state index in [-0.39, 0.29) is 23.6 Å². The Bertz CT molecular complexity index is 1100. The summed E-state index contributed by atoms with van der Waals surface area (Å²) in [5.74, 6) is 0.340. The van der Waals surface area contributed by atoms with Crippen LogP contribution in [0, 0.1) is 13.8 Å². The van der Waals surface area contributed by atoms with Gasteiger partial charge in [0.1, 0.15) is 10.7 Å². The molecule has 8 heteroatoms. The predicted octanol–water partition coefficient (Wildman–Crippen LogP) is 2.95. The highest BCUT2D eigenvalue weighted by Crippen LogP contribution is 2.28. The third kappa shape index (κ3) is 4.05. The summed E-state index contributed by atoms with van der Waals surface area (Å²) < 4.78 is 28.5. The number of carbonyl (C=O) groups is 1. The van der Waals surface area contributed by atoms with Gasteiger partial charge in [0.15, 0.2) is 0 Å². The van der Waals surface area contributed by atoms with Gasteiger partial charge in [-0.25, -0.2) is 0 Å². The number of nitrogens with one attached hydrogen (secondary N) is 1. The van der Waals surface area contributed by atoms with E-state index in [4.69, 9.17) is 0 Å². The molecule has 2 aliphatic rings.